The number of guanidine groups is 1. The molecule has 4 nitrogen and oxygen atoms in total. The highest BCUT2D eigenvalue weighted by atomic mass is 32.1. The van der Waals surface area contributed by atoms with Gasteiger partial charge in [-0.15, -0.1) is 11.3 Å². The minimum absolute atomic E-state index is 0.487. The van der Waals surface area contributed by atoms with E-state index in [1.54, 1.807) is 11.3 Å². The van der Waals surface area contributed by atoms with E-state index < -0.39 is 0 Å². The molecule has 1 unspecified atom stereocenters. The van der Waals surface area contributed by atoms with E-state index in [1.165, 1.54) is 16.0 Å². The van der Waals surface area contributed by atoms with Crippen LogP contribution in [0.3, 0.4) is 0 Å². The van der Waals surface area contributed by atoms with Gasteiger partial charge in [-0.25, -0.2) is 0 Å². The van der Waals surface area contributed by atoms with Crippen molar-refractivity contribution in [3.05, 3.63) is 52.0 Å². The molecule has 0 fully saturated rings. The van der Waals surface area contributed by atoms with Gasteiger partial charge in [-0.3, -0.25) is 9.98 Å². The van der Waals surface area contributed by atoms with E-state index in [0.29, 0.717) is 5.92 Å². The fraction of sp³-hybridized carbons (Fsp3) is 0.412. The molecule has 0 aliphatic heterocycles. The molecule has 5 heteroatoms. The molecule has 0 radical (unpaired) electrons. The molecule has 2 aromatic heterocycles. The Bertz CT molecular complexity index is 592. The number of hydrogen-bond acceptors (Lipinski definition) is 3. The number of pyridine rings is 1. The van der Waals surface area contributed by atoms with E-state index in [0.717, 1.165) is 25.5 Å². The van der Waals surface area contributed by atoms with Crippen LogP contribution < -0.4 is 10.6 Å². The normalized spacial score (nSPS) is 13.0. The minimum Gasteiger partial charge on any atom is -0.356 e. The zero-order valence-electron chi connectivity index (χ0n) is 13.5. The smallest absolute Gasteiger partial charge is 0.191 e. The van der Waals surface area contributed by atoms with E-state index >= 15 is 0 Å². The Morgan fingerprint density at radius 2 is 2.23 bits per heavy atom. The van der Waals surface area contributed by atoms with Gasteiger partial charge in [-0.05, 0) is 42.0 Å². The van der Waals surface area contributed by atoms with Crippen LogP contribution in [0.2, 0.25) is 0 Å². The third-order valence-electron chi connectivity index (χ3n) is 3.65. The molecule has 0 aromatic carbocycles. The minimum atomic E-state index is 0.487. The summed E-state index contributed by atoms with van der Waals surface area (Å²) >= 11 is 1.80. The van der Waals surface area contributed by atoms with Crippen molar-refractivity contribution in [2.24, 2.45) is 4.99 Å². The van der Waals surface area contributed by atoms with Crippen LogP contribution in [0.1, 0.15) is 28.8 Å². The van der Waals surface area contributed by atoms with Crippen molar-refractivity contribution < 1.29 is 0 Å². The summed E-state index contributed by atoms with van der Waals surface area (Å²) in [5.74, 6) is 1.34. The lowest BCUT2D eigenvalue weighted by atomic mass is 10.1. The van der Waals surface area contributed by atoms with Gasteiger partial charge in [0.15, 0.2) is 5.96 Å². The molecule has 22 heavy (non-hydrogen) atoms. The number of hydrogen-bond donors (Lipinski definition) is 2. The van der Waals surface area contributed by atoms with Crippen LogP contribution in [0, 0.1) is 6.92 Å². The number of aliphatic imine (C=N–C) groups is 1. The van der Waals surface area contributed by atoms with Crippen molar-refractivity contribution in [3.8, 4) is 0 Å². The standard InChI is InChI=1S/C17H24N4S/c1-13-11-19-8-6-15(13)7-9-20-17(18-3)21-12-14(2)16-5-4-10-22-16/h4-6,8,10-11,14H,7,9,12H2,1-3H3,(H2,18,20,21). The van der Waals surface area contributed by atoms with Gasteiger partial charge in [0.1, 0.15) is 0 Å². The molecule has 0 aliphatic carbocycles. The van der Waals surface area contributed by atoms with Crippen LogP contribution in [-0.4, -0.2) is 31.1 Å². The van der Waals surface area contributed by atoms with Crippen molar-refractivity contribution in [3.63, 3.8) is 0 Å². The van der Waals surface area contributed by atoms with Gasteiger partial charge in [-0.1, -0.05) is 13.0 Å². The molecule has 2 aromatic rings. The average Bonchev–Trinajstić information content (AvgIpc) is 3.06. The fourth-order valence-corrected chi connectivity index (χ4v) is 3.03. The Labute approximate surface area is 136 Å². The van der Waals surface area contributed by atoms with Gasteiger partial charge in [-0.2, -0.15) is 0 Å². The van der Waals surface area contributed by atoms with Gasteiger partial charge in [0, 0.05) is 43.3 Å². The first-order valence-corrected chi connectivity index (χ1v) is 8.46. The van der Waals surface area contributed by atoms with E-state index in [9.17, 15) is 0 Å². The predicted octanol–water partition coefficient (Wildman–Crippen LogP) is 2.96. The number of nitrogens with zero attached hydrogens (tertiary/aromatic N) is 2. The molecular weight excluding hydrogens is 292 g/mol. The van der Waals surface area contributed by atoms with Gasteiger partial charge in [0.2, 0.25) is 0 Å². The lowest BCUT2D eigenvalue weighted by Crippen LogP contribution is -2.39. The summed E-state index contributed by atoms with van der Waals surface area (Å²) in [6.45, 7) is 6.07. The number of aryl methyl sites for hydroxylation is 1. The molecule has 0 amide bonds. The molecule has 0 spiro atoms. The number of nitrogens with one attached hydrogen (secondary N) is 2. The van der Waals surface area contributed by atoms with Gasteiger partial charge < -0.3 is 10.6 Å². The highest BCUT2D eigenvalue weighted by Crippen LogP contribution is 2.19. The Kier molecular flexibility index (Phi) is 6.40. The van der Waals surface area contributed by atoms with E-state index in [-0.39, 0.29) is 0 Å². The second-order valence-electron chi connectivity index (χ2n) is 5.35. The van der Waals surface area contributed by atoms with Gasteiger partial charge in [0.25, 0.3) is 0 Å². The summed E-state index contributed by atoms with van der Waals surface area (Å²) in [6, 6.07) is 6.35. The molecule has 0 bridgehead atoms. The predicted molar refractivity (Wildman–Crippen MR) is 94.8 cm³/mol. The molecule has 2 rings (SSSR count). The van der Waals surface area contributed by atoms with Crippen molar-refractivity contribution in [1.82, 2.24) is 15.6 Å². The lowest BCUT2D eigenvalue weighted by molar-refractivity contribution is 0.706. The molecule has 0 aliphatic rings. The summed E-state index contributed by atoms with van der Waals surface area (Å²) in [7, 11) is 1.81. The van der Waals surface area contributed by atoms with Gasteiger partial charge in [0.05, 0.1) is 0 Å². The maximum absolute atomic E-state index is 4.28. The highest BCUT2D eigenvalue weighted by molar-refractivity contribution is 7.10. The first kappa shape index (κ1) is 16.5. The molecular formula is C17H24N4S. The third-order valence-corrected chi connectivity index (χ3v) is 4.76. The van der Waals surface area contributed by atoms with Crippen molar-refractivity contribution in [2.75, 3.05) is 20.1 Å². The summed E-state index contributed by atoms with van der Waals surface area (Å²) in [6.07, 6.45) is 4.72. The molecule has 0 saturated heterocycles. The van der Waals surface area contributed by atoms with E-state index in [1.807, 2.05) is 19.4 Å². The topological polar surface area (TPSA) is 49.3 Å². The molecule has 118 valence electrons. The van der Waals surface area contributed by atoms with E-state index in [4.69, 9.17) is 0 Å². The molecule has 1 atom stereocenters. The monoisotopic (exact) mass is 316 g/mol. The van der Waals surface area contributed by atoms with Crippen LogP contribution in [0.25, 0.3) is 0 Å². The largest absolute Gasteiger partial charge is 0.356 e. The number of rotatable bonds is 6. The zero-order valence-corrected chi connectivity index (χ0v) is 14.3. The highest BCUT2D eigenvalue weighted by Gasteiger charge is 2.07. The second kappa shape index (κ2) is 8.54. The van der Waals surface area contributed by atoms with Crippen molar-refractivity contribution in [1.29, 1.82) is 0 Å². The van der Waals surface area contributed by atoms with Gasteiger partial charge >= 0.3 is 0 Å². The Hall–Kier alpha value is -1.88. The maximum Gasteiger partial charge on any atom is 0.191 e. The Balaban J connectivity index is 1.75. The van der Waals surface area contributed by atoms with Crippen LogP contribution in [0.5, 0.6) is 0 Å². The van der Waals surface area contributed by atoms with Crippen LogP contribution in [0.4, 0.5) is 0 Å². The van der Waals surface area contributed by atoms with E-state index in [2.05, 4.69) is 58.0 Å². The van der Waals surface area contributed by atoms with Crippen molar-refractivity contribution >= 4 is 17.3 Å². The molecule has 0 saturated carbocycles. The molecule has 2 heterocycles. The van der Waals surface area contributed by atoms with Crippen LogP contribution in [-0.2, 0) is 6.42 Å². The number of aromatic nitrogens is 1. The Morgan fingerprint density at radius 3 is 2.91 bits per heavy atom. The fourth-order valence-electron chi connectivity index (χ4n) is 2.24. The lowest BCUT2D eigenvalue weighted by Gasteiger charge is -2.15. The summed E-state index contributed by atoms with van der Waals surface area (Å²) in [4.78, 5) is 9.80. The first-order valence-electron chi connectivity index (χ1n) is 7.58. The summed E-state index contributed by atoms with van der Waals surface area (Å²) < 4.78 is 0. The zero-order chi connectivity index (χ0) is 15.8. The Morgan fingerprint density at radius 1 is 1.36 bits per heavy atom. The maximum atomic E-state index is 4.28. The third kappa shape index (κ3) is 4.84. The van der Waals surface area contributed by atoms with Crippen LogP contribution >= 0.6 is 11.3 Å². The SMILES string of the molecule is CN=C(NCCc1ccncc1C)NCC(C)c1cccs1. The first-order chi connectivity index (χ1) is 10.7. The van der Waals surface area contributed by atoms with Crippen LogP contribution in [0.15, 0.2) is 41.0 Å². The average molecular weight is 316 g/mol. The summed E-state index contributed by atoms with van der Waals surface area (Å²) in [5, 5.41) is 8.88. The number of thiophene rings is 1. The van der Waals surface area contributed by atoms with Crippen molar-refractivity contribution in [2.45, 2.75) is 26.2 Å². The quantitative estimate of drug-likeness (QED) is 0.636. The molecule has 2 N–H and O–H groups in total. The second-order valence-corrected chi connectivity index (χ2v) is 6.33. The summed E-state index contributed by atoms with van der Waals surface area (Å²) in [5.41, 5.74) is 2.56.